The number of halogens is 3. The minimum Gasteiger partial charge on any atom is -0.464 e. The van der Waals surface area contributed by atoms with Gasteiger partial charge in [0.05, 0.1) is 0 Å². The van der Waals surface area contributed by atoms with E-state index >= 15 is 0 Å². The van der Waals surface area contributed by atoms with Crippen molar-refractivity contribution in [1.82, 2.24) is 10.2 Å². The van der Waals surface area contributed by atoms with E-state index in [0.29, 0.717) is 11.3 Å². The third kappa shape index (κ3) is 3.32. The van der Waals surface area contributed by atoms with Gasteiger partial charge >= 0.3 is 6.18 Å². The first kappa shape index (κ1) is 13.5. The Bertz CT molecular complexity index is 396. The fourth-order valence-corrected chi connectivity index (χ4v) is 2.57. The molecule has 1 heterocycles. The predicted molar refractivity (Wildman–Crippen MR) is 60.4 cm³/mol. The number of ether oxygens (including phenoxy) is 1. The minimum atomic E-state index is -4.47. The molecule has 18 heavy (non-hydrogen) atoms. The van der Waals surface area contributed by atoms with Gasteiger partial charge in [0.25, 0.3) is 5.19 Å². The Kier molecular flexibility index (Phi) is 4.06. The van der Waals surface area contributed by atoms with Crippen molar-refractivity contribution in [3.63, 3.8) is 0 Å². The topological polar surface area (TPSA) is 61.0 Å². The molecule has 1 aliphatic rings. The van der Waals surface area contributed by atoms with Crippen molar-refractivity contribution >= 4 is 11.3 Å². The Morgan fingerprint density at radius 2 is 1.89 bits per heavy atom. The lowest BCUT2D eigenvalue weighted by Crippen LogP contribution is -2.37. The molecule has 1 saturated carbocycles. The summed E-state index contributed by atoms with van der Waals surface area (Å²) in [5.41, 5.74) is 5.93. The van der Waals surface area contributed by atoms with E-state index < -0.39 is 11.2 Å². The summed E-state index contributed by atoms with van der Waals surface area (Å²) in [6, 6.07) is -0.147. The third-order valence-electron chi connectivity index (χ3n) is 2.90. The van der Waals surface area contributed by atoms with Crippen LogP contribution in [0.15, 0.2) is 0 Å². The van der Waals surface area contributed by atoms with Gasteiger partial charge in [-0.1, -0.05) is 29.3 Å². The standard InChI is InChI=1S/C10H14F3N3OS/c11-10(12,13)8-15-16-9(18-8)17-7-5-3-1-2-4-6(7)14/h6-7H,1-5,14H2. The van der Waals surface area contributed by atoms with E-state index in [4.69, 9.17) is 10.5 Å². The number of nitrogens with zero attached hydrogens (tertiary/aromatic N) is 2. The van der Waals surface area contributed by atoms with Crippen LogP contribution >= 0.6 is 11.3 Å². The van der Waals surface area contributed by atoms with E-state index in [1.165, 1.54) is 0 Å². The molecular formula is C10H14F3N3OS. The lowest BCUT2D eigenvalue weighted by atomic mass is 10.1. The van der Waals surface area contributed by atoms with Crippen molar-refractivity contribution in [2.45, 2.75) is 50.4 Å². The van der Waals surface area contributed by atoms with Crippen molar-refractivity contribution in [1.29, 1.82) is 0 Å². The van der Waals surface area contributed by atoms with Crippen molar-refractivity contribution in [3.05, 3.63) is 5.01 Å². The fraction of sp³-hybridized carbons (Fsp3) is 0.800. The molecule has 4 nitrogen and oxygen atoms in total. The summed E-state index contributed by atoms with van der Waals surface area (Å²) >= 11 is 0.417. The zero-order valence-electron chi connectivity index (χ0n) is 9.61. The van der Waals surface area contributed by atoms with Crippen molar-refractivity contribution < 1.29 is 17.9 Å². The van der Waals surface area contributed by atoms with Gasteiger partial charge in [0.15, 0.2) is 0 Å². The van der Waals surface area contributed by atoms with E-state index in [9.17, 15) is 13.2 Å². The zero-order chi connectivity index (χ0) is 13.2. The first-order valence-corrected chi connectivity index (χ1v) is 6.61. The highest BCUT2D eigenvalue weighted by atomic mass is 32.1. The SMILES string of the molecule is NC1CCCCCC1Oc1nnc(C(F)(F)F)s1. The fourth-order valence-electron chi connectivity index (χ4n) is 1.95. The second kappa shape index (κ2) is 5.40. The molecule has 2 atom stereocenters. The van der Waals surface area contributed by atoms with Crippen LogP contribution in [0, 0.1) is 0 Å². The van der Waals surface area contributed by atoms with Gasteiger partial charge in [-0.2, -0.15) is 13.2 Å². The summed E-state index contributed by atoms with van der Waals surface area (Å²) < 4.78 is 42.5. The molecule has 102 valence electrons. The summed E-state index contributed by atoms with van der Waals surface area (Å²) in [6.45, 7) is 0. The Morgan fingerprint density at radius 3 is 2.56 bits per heavy atom. The first-order chi connectivity index (χ1) is 8.47. The molecule has 2 N–H and O–H groups in total. The lowest BCUT2D eigenvalue weighted by molar-refractivity contribution is -0.138. The highest BCUT2D eigenvalue weighted by molar-refractivity contribution is 7.13. The molecule has 8 heteroatoms. The molecule has 0 aromatic carbocycles. The highest BCUT2D eigenvalue weighted by Gasteiger charge is 2.36. The van der Waals surface area contributed by atoms with Gasteiger partial charge in [-0.25, -0.2) is 0 Å². The van der Waals surface area contributed by atoms with Crippen LogP contribution in [0.4, 0.5) is 13.2 Å². The molecule has 0 saturated heterocycles. The smallest absolute Gasteiger partial charge is 0.445 e. The van der Waals surface area contributed by atoms with Gasteiger partial charge in [0.1, 0.15) is 6.10 Å². The van der Waals surface area contributed by atoms with Crippen LogP contribution in [0.1, 0.15) is 37.1 Å². The average Bonchev–Trinajstić information content (AvgIpc) is 2.66. The van der Waals surface area contributed by atoms with Crippen LogP contribution in [0.25, 0.3) is 0 Å². The van der Waals surface area contributed by atoms with Crippen LogP contribution in [0.5, 0.6) is 5.19 Å². The van der Waals surface area contributed by atoms with Gasteiger partial charge in [-0.15, -0.1) is 5.10 Å². The van der Waals surface area contributed by atoms with Crippen molar-refractivity contribution in [3.8, 4) is 5.19 Å². The van der Waals surface area contributed by atoms with Gasteiger partial charge in [0, 0.05) is 6.04 Å². The number of hydrogen-bond acceptors (Lipinski definition) is 5. The predicted octanol–water partition coefficient (Wildman–Crippen LogP) is 2.60. The molecule has 0 amide bonds. The average molecular weight is 281 g/mol. The molecule has 2 unspecified atom stereocenters. The molecule has 1 aliphatic carbocycles. The number of hydrogen-bond donors (Lipinski definition) is 1. The minimum absolute atomic E-state index is 0.0512. The van der Waals surface area contributed by atoms with Crippen LogP contribution < -0.4 is 10.5 Å². The molecule has 0 aliphatic heterocycles. The Balaban J connectivity index is 2.02. The van der Waals surface area contributed by atoms with E-state index in [0.717, 1.165) is 32.1 Å². The van der Waals surface area contributed by atoms with Crippen LogP contribution in [0.3, 0.4) is 0 Å². The highest BCUT2D eigenvalue weighted by Crippen LogP contribution is 2.34. The molecule has 1 fully saturated rings. The van der Waals surface area contributed by atoms with E-state index in [1.807, 2.05) is 0 Å². The maximum atomic E-state index is 12.3. The molecule has 0 spiro atoms. The second-order valence-corrected chi connectivity index (χ2v) is 5.27. The molecular weight excluding hydrogens is 267 g/mol. The summed E-state index contributed by atoms with van der Waals surface area (Å²) in [6.07, 6.45) is -0.0598. The number of aromatic nitrogens is 2. The van der Waals surface area contributed by atoms with Crippen LogP contribution in [0.2, 0.25) is 0 Å². The summed E-state index contributed by atoms with van der Waals surface area (Å²) in [7, 11) is 0. The van der Waals surface area contributed by atoms with E-state index in [1.54, 1.807) is 0 Å². The number of nitrogens with two attached hydrogens (primary N) is 1. The molecule has 1 aromatic heterocycles. The van der Waals surface area contributed by atoms with Crippen LogP contribution in [-0.4, -0.2) is 22.3 Å². The maximum Gasteiger partial charge on any atom is 0.445 e. The van der Waals surface area contributed by atoms with Gasteiger partial charge < -0.3 is 10.5 Å². The maximum absolute atomic E-state index is 12.3. The number of alkyl halides is 3. The molecule has 2 rings (SSSR count). The molecule has 1 aromatic rings. The Morgan fingerprint density at radius 1 is 1.17 bits per heavy atom. The normalized spacial score (nSPS) is 25.8. The van der Waals surface area contributed by atoms with Crippen molar-refractivity contribution in [2.24, 2.45) is 5.73 Å². The van der Waals surface area contributed by atoms with Gasteiger partial charge in [-0.05, 0) is 19.3 Å². The van der Waals surface area contributed by atoms with E-state index in [2.05, 4.69) is 10.2 Å². The number of rotatable bonds is 2. The van der Waals surface area contributed by atoms with Gasteiger partial charge in [0.2, 0.25) is 5.01 Å². The Labute approximate surface area is 106 Å². The summed E-state index contributed by atoms with van der Waals surface area (Å²) in [5.74, 6) is 0. The second-order valence-electron chi connectivity index (χ2n) is 4.33. The van der Waals surface area contributed by atoms with E-state index in [-0.39, 0.29) is 17.3 Å². The summed E-state index contributed by atoms with van der Waals surface area (Å²) in [4.78, 5) is 0. The summed E-state index contributed by atoms with van der Waals surface area (Å²) in [5, 5.41) is 5.45. The largest absolute Gasteiger partial charge is 0.464 e. The lowest BCUT2D eigenvalue weighted by Gasteiger charge is -2.20. The zero-order valence-corrected chi connectivity index (χ0v) is 10.4. The van der Waals surface area contributed by atoms with Gasteiger partial charge in [-0.3, -0.25) is 0 Å². The Hall–Kier alpha value is -0.890. The third-order valence-corrected chi connectivity index (χ3v) is 3.76. The van der Waals surface area contributed by atoms with Crippen LogP contribution in [-0.2, 0) is 6.18 Å². The first-order valence-electron chi connectivity index (χ1n) is 5.80. The monoisotopic (exact) mass is 281 g/mol. The molecule has 0 bridgehead atoms. The molecule has 0 radical (unpaired) electrons. The van der Waals surface area contributed by atoms with Crippen molar-refractivity contribution in [2.75, 3.05) is 0 Å². The quantitative estimate of drug-likeness (QED) is 0.846.